The van der Waals surface area contributed by atoms with Crippen molar-refractivity contribution < 1.29 is 27.5 Å². The molecule has 0 spiro atoms. The van der Waals surface area contributed by atoms with Gasteiger partial charge in [0, 0.05) is 42.3 Å². The fourth-order valence-corrected chi connectivity index (χ4v) is 3.35. The lowest BCUT2D eigenvalue weighted by Gasteiger charge is -2.16. The van der Waals surface area contributed by atoms with E-state index in [1.165, 1.54) is 11.1 Å². The highest BCUT2D eigenvalue weighted by Crippen LogP contribution is 2.31. The van der Waals surface area contributed by atoms with Gasteiger partial charge in [-0.3, -0.25) is 9.59 Å². The molecule has 1 amide bonds. The van der Waals surface area contributed by atoms with E-state index in [0.717, 1.165) is 23.8 Å². The minimum atomic E-state index is -4.50. The zero-order chi connectivity index (χ0) is 20.6. The summed E-state index contributed by atoms with van der Waals surface area (Å²) in [5.74, 6) is -1.47. The summed E-state index contributed by atoms with van der Waals surface area (Å²) in [6, 6.07) is 8.83. The van der Waals surface area contributed by atoms with Crippen LogP contribution in [0.3, 0.4) is 0 Å². The van der Waals surface area contributed by atoms with Gasteiger partial charge in [-0.1, -0.05) is 18.2 Å². The molecule has 1 atom stereocenters. The molecule has 1 fully saturated rings. The highest BCUT2D eigenvalue weighted by Gasteiger charge is 2.34. The van der Waals surface area contributed by atoms with Crippen LogP contribution in [0, 0.1) is 0 Å². The van der Waals surface area contributed by atoms with E-state index in [1.807, 2.05) is 6.07 Å². The summed E-state index contributed by atoms with van der Waals surface area (Å²) in [4.78, 5) is 33.4. The van der Waals surface area contributed by atoms with Gasteiger partial charge in [0.05, 0.1) is 17.7 Å². The molecule has 1 aliphatic rings. The number of aromatic nitrogens is 2. The van der Waals surface area contributed by atoms with Crippen LogP contribution in [-0.4, -0.2) is 45.8 Å². The van der Waals surface area contributed by atoms with Gasteiger partial charge in [-0.25, -0.2) is 4.98 Å². The van der Waals surface area contributed by atoms with Gasteiger partial charge in [-0.15, -0.1) is 0 Å². The first kappa shape index (κ1) is 19.0. The number of fused-ring (bicyclic) bond motifs is 1. The molecule has 3 heterocycles. The number of para-hydroxylation sites is 1. The van der Waals surface area contributed by atoms with Crippen molar-refractivity contribution in [3.8, 4) is 5.88 Å². The summed E-state index contributed by atoms with van der Waals surface area (Å²) >= 11 is 0. The Bertz CT molecular complexity index is 1080. The number of halogens is 3. The molecule has 29 heavy (non-hydrogen) atoms. The van der Waals surface area contributed by atoms with Crippen LogP contribution < -0.4 is 4.74 Å². The number of hydrogen-bond donors (Lipinski definition) is 1. The number of amides is 1. The fraction of sp³-hybridized carbons (Fsp3) is 0.250. The van der Waals surface area contributed by atoms with Gasteiger partial charge in [0.1, 0.15) is 6.10 Å². The van der Waals surface area contributed by atoms with Crippen molar-refractivity contribution in [2.75, 3.05) is 13.1 Å². The fourth-order valence-electron chi connectivity index (χ4n) is 3.35. The summed E-state index contributed by atoms with van der Waals surface area (Å²) in [7, 11) is 0. The first-order chi connectivity index (χ1) is 13.8. The SMILES string of the molecule is O=C(C(=O)N1CCC(Oc2cc(C(F)(F)F)ccn2)C1)c1c[nH]c2ccccc12. The molecule has 0 radical (unpaired) electrons. The molecule has 150 valence electrons. The number of nitrogens with one attached hydrogen (secondary N) is 1. The minimum Gasteiger partial charge on any atom is -0.472 e. The van der Waals surface area contributed by atoms with Crippen molar-refractivity contribution in [3.63, 3.8) is 0 Å². The predicted molar refractivity (Wildman–Crippen MR) is 97.5 cm³/mol. The van der Waals surface area contributed by atoms with Crippen LogP contribution in [0.2, 0.25) is 0 Å². The van der Waals surface area contributed by atoms with Crippen molar-refractivity contribution >= 4 is 22.6 Å². The number of nitrogens with zero attached hydrogens (tertiary/aromatic N) is 2. The first-order valence-electron chi connectivity index (χ1n) is 8.92. The van der Waals surface area contributed by atoms with Crippen LogP contribution in [0.15, 0.2) is 48.8 Å². The van der Waals surface area contributed by atoms with E-state index in [1.54, 1.807) is 18.2 Å². The van der Waals surface area contributed by atoms with Gasteiger partial charge in [0.25, 0.3) is 11.7 Å². The number of alkyl halides is 3. The van der Waals surface area contributed by atoms with Gasteiger partial charge < -0.3 is 14.6 Å². The van der Waals surface area contributed by atoms with Gasteiger partial charge >= 0.3 is 6.18 Å². The van der Waals surface area contributed by atoms with E-state index < -0.39 is 29.5 Å². The third-order valence-electron chi connectivity index (χ3n) is 4.81. The smallest absolute Gasteiger partial charge is 0.416 e. The number of carbonyl (C=O) groups excluding carboxylic acids is 2. The molecule has 1 N–H and O–H groups in total. The summed E-state index contributed by atoms with van der Waals surface area (Å²) < 4.78 is 43.9. The minimum absolute atomic E-state index is 0.102. The Morgan fingerprint density at radius 1 is 1.21 bits per heavy atom. The van der Waals surface area contributed by atoms with E-state index in [-0.39, 0.29) is 24.5 Å². The standard InChI is InChI=1S/C20H16F3N3O3/c21-20(22,23)12-5-7-24-17(9-12)29-13-6-8-26(11-13)19(28)18(27)15-10-25-16-4-2-1-3-14(15)16/h1-5,7,9-10,13,25H,6,8,11H2. The second kappa shape index (κ2) is 7.23. The molecule has 1 saturated heterocycles. The number of pyridine rings is 1. The lowest BCUT2D eigenvalue weighted by atomic mass is 10.1. The van der Waals surface area contributed by atoms with Gasteiger partial charge in [0.15, 0.2) is 0 Å². The number of rotatable bonds is 4. The number of likely N-dealkylation sites (tertiary alicyclic amines) is 1. The first-order valence-corrected chi connectivity index (χ1v) is 8.92. The molecular formula is C20H16F3N3O3. The molecule has 1 unspecified atom stereocenters. The monoisotopic (exact) mass is 403 g/mol. The Kier molecular flexibility index (Phi) is 4.73. The van der Waals surface area contributed by atoms with Gasteiger partial charge in [-0.2, -0.15) is 13.2 Å². The molecule has 0 bridgehead atoms. The maximum absolute atomic E-state index is 12.8. The Morgan fingerprint density at radius 2 is 2.00 bits per heavy atom. The molecule has 2 aromatic heterocycles. The molecule has 0 saturated carbocycles. The number of aromatic amines is 1. The Morgan fingerprint density at radius 3 is 2.79 bits per heavy atom. The average Bonchev–Trinajstić information content (AvgIpc) is 3.33. The second-order valence-electron chi connectivity index (χ2n) is 6.74. The molecule has 4 rings (SSSR count). The van der Waals surface area contributed by atoms with Crippen LogP contribution in [0.5, 0.6) is 5.88 Å². The summed E-state index contributed by atoms with van der Waals surface area (Å²) in [6.07, 6.45) is -2.11. The number of benzene rings is 1. The van der Waals surface area contributed by atoms with E-state index in [2.05, 4.69) is 9.97 Å². The zero-order valence-electron chi connectivity index (χ0n) is 15.1. The van der Waals surface area contributed by atoms with Crippen LogP contribution in [0.4, 0.5) is 13.2 Å². The highest BCUT2D eigenvalue weighted by atomic mass is 19.4. The maximum atomic E-state index is 12.8. The molecule has 1 aliphatic heterocycles. The molecule has 3 aromatic rings. The van der Waals surface area contributed by atoms with Crippen molar-refractivity contribution in [3.05, 3.63) is 59.9 Å². The third-order valence-corrected chi connectivity index (χ3v) is 4.81. The van der Waals surface area contributed by atoms with E-state index in [9.17, 15) is 22.8 Å². The van der Waals surface area contributed by atoms with Crippen molar-refractivity contribution in [2.24, 2.45) is 0 Å². The molecule has 0 aliphatic carbocycles. The van der Waals surface area contributed by atoms with E-state index in [0.29, 0.717) is 11.8 Å². The number of carbonyl (C=O) groups is 2. The second-order valence-corrected chi connectivity index (χ2v) is 6.74. The molecule has 1 aromatic carbocycles. The highest BCUT2D eigenvalue weighted by molar-refractivity contribution is 6.44. The largest absolute Gasteiger partial charge is 0.472 e. The van der Waals surface area contributed by atoms with Crippen molar-refractivity contribution in [1.29, 1.82) is 0 Å². The normalized spacial score (nSPS) is 16.9. The van der Waals surface area contributed by atoms with Crippen LogP contribution in [0.1, 0.15) is 22.3 Å². The molecule has 9 heteroatoms. The van der Waals surface area contributed by atoms with Crippen molar-refractivity contribution in [1.82, 2.24) is 14.9 Å². The molecule has 6 nitrogen and oxygen atoms in total. The summed E-state index contributed by atoms with van der Waals surface area (Å²) in [5.41, 5.74) is 0.180. The number of ketones is 1. The Hall–Kier alpha value is -3.36. The topological polar surface area (TPSA) is 75.3 Å². The Balaban J connectivity index is 1.43. The molecular weight excluding hydrogens is 387 g/mol. The van der Waals surface area contributed by atoms with Crippen LogP contribution in [-0.2, 0) is 11.0 Å². The van der Waals surface area contributed by atoms with Crippen molar-refractivity contribution in [2.45, 2.75) is 18.7 Å². The van der Waals surface area contributed by atoms with Gasteiger partial charge in [0.2, 0.25) is 5.88 Å². The zero-order valence-corrected chi connectivity index (χ0v) is 15.1. The lowest BCUT2D eigenvalue weighted by Crippen LogP contribution is -2.36. The summed E-state index contributed by atoms with van der Waals surface area (Å²) in [5, 5.41) is 0.658. The number of Topliss-reactive ketones (excluding diaryl/α,β-unsaturated/α-hetero) is 1. The van der Waals surface area contributed by atoms with E-state index in [4.69, 9.17) is 4.74 Å². The predicted octanol–water partition coefficient (Wildman–Crippen LogP) is 3.44. The number of ether oxygens (including phenoxy) is 1. The quantitative estimate of drug-likeness (QED) is 0.535. The Labute approximate surface area is 163 Å². The van der Waals surface area contributed by atoms with E-state index >= 15 is 0 Å². The third kappa shape index (κ3) is 3.80. The van der Waals surface area contributed by atoms with Crippen LogP contribution >= 0.6 is 0 Å². The average molecular weight is 403 g/mol. The lowest BCUT2D eigenvalue weighted by molar-refractivity contribution is -0.137. The number of hydrogen-bond acceptors (Lipinski definition) is 4. The summed E-state index contributed by atoms with van der Waals surface area (Å²) in [6.45, 7) is 0.376. The van der Waals surface area contributed by atoms with Crippen LogP contribution in [0.25, 0.3) is 10.9 Å². The van der Waals surface area contributed by atoms with Gasteiger partial charge in [-0.05, 0) is 12.1 Å². The number of H-pyrrole nitrogens is 1. The maximum Gasteiger partial charge on any atom is 0.416 e.